The first-order chi connectivity index (χ1) is 7.78. The molecule has 1 saturated carbocycles. The van der Waals surface area contributed by atoms with Crippen LogP contribution in [0.4, 0.5) is 0 Å². The summed E-state index contributed by atoms with van der Waals surface area (Å²) in [6.45, 7) is 0. The maximum atomic E-state index is 6.09. The molecule has 4 heteroatoms. The summed E-state index contributed by atoms with van der Waals surface area (Å²) in [7, 11) is 0. The molecule has 4 atom stereocenters. The molecule has 0 aliphatic heterocycles. The molecule has 3 rings (SSSR count). The number of alkyl halides is 4. The fourth-order valence-corrected chi connectivity index (χ4v) is 5.21. The molecule has 92 valence electrons. The van der Waals surface area contributed by atoms with Crippen molar-refractivity contribution in [1.29, 1.82) is 0 Å². The van der Waals surface area contributed by atoms with Gasteiger partial charge >= 0.3 is 0 Å². The average molecular weight is 302 g/mol. The zero-order valence-electron chi connectivity index (χ0n) is 8.96. The van der Waals surface area contributed by atoms with Crippen LogP contribution in [-0.2, 0) is 0 Å². The Hall–Kier alpha value is 0.900. The molecule has 0 nitrogen and oxygen atoms in total. The molecule has 3 aliphatic carbocycles. The van der Waals surface area contributed by atoms with Gasteiger partial charge in [-0.05, 0) is 35.5 Å². The van der Waals surface area contributed by atoms with Gasteiger partial charge in [0.05, 0.1) is 0 Å². The molecule has 0 radical (unpaired) electrons. The lowest BCUT2D eigenvalue weighted by Gasteiger charge is -2.52. The van der Waals surface area contributed by atoms with Crippen molar-refractivity contribution in [3.05, 3.63) is 12.2 Å². The van der Waals surface area contributed by atoms with E-state index in [2.05, 4.69) is 12.2 Å². The second-order valence-electron chi connectivity index (χ2n) is 4.81. The van der Waals surface area contributed by atoms with E-state index < -0.39 is 0 Å². The number of rotatable bonds is 4. The first-order valence-corrected chi connectivity index (χ1v) is 7.84. The number of hydrogen-bond donors (Lipinski definition) is 0. The van der Waals surface area contributed by atoms with Crippen molar-refractivity contribution in [3.8, 4) is 0 Å². The predicted molar refractivity (Wildman–Crippen MR) is 73.0 cm³/mol. The Bertz CT molecular complexity index is 220. The quantitative estimate of drug-likeness (QED) is 0.539. The van der Waals surface area contributed by atoms with Gasteiger partial charge in [0.2, 0.25) is 0 Å². The van der Waals surface area contributed by atoms with Crippen molar-refractivity contribution in [1.82, 2.24) is 0 Å². The van der Waals surface area contributed by atoms with Crippen LogP contribution in [0, 0.1) is 35.5 Å². The lowest BCUT2D eigenvalue weighted by atomic mass is 9.55. The molecular formula is C12H16Cl4. The predicted octanol–water partition coefficient (Wildman–Crippen LogP) is 4.22. The van der Waals surface area contributed by atoms with Crippen LogP contribution in [0.1, 0.15) is 0 Å². The van der Waals surface area contributed by atoms with Crippen molar-refractivity contribution in [2.45, 2.75) is 0 Å². The summed E-state index contributed by atoms with van der Waals surface area (Å²) in [6.07, 6.45) is 4.58. The smallest absolute Gasteiger partial charge is 0.0260 e. The Morgan fingerprint density at radius 2 is 0.812 bits per heavy atom. The summed E-state index contributed by atoms with van der Waals surface area (Å²) in [4.78, 5) is 0. The van der Waals surface area contributed by atoms with E-state index in [0.717, 1.165) is 0 Å². The van der Waals surface area contributed by atoms with Gasteiger partial charge in [0.25, 0.3) is 0 Å². The lowest BCUT2D eigenvalue weighted by Crippen LogP contribution is -2.50. The van der Waals surface area contributed by atoms with Crippen molar-refractivity contribution in [3.63, 3.8) is 0 Å². The van der Waals surface area contributed by atoms with Gasteiger partial charge < -0.3 is 0 Å². The SMILES string of the molecule is ClC[C@@H]1C2C=CC([C@@H]1CCl)[C@H](CCl)[C@@H]2CCl. The maximum absolute atomic E-state index is 6.09. The Morgan fingerprint density at radius 3 is 1.00 bits per heavy atom. The van der Waals surface area contributed by atoms with Crippen LogP contribution in [-0.4, -0.2) is 23.5 Å². The highest BCUT2D eigenvalue weighted by atomic mass is 35.5. The van der Waals surface area contributed by atoms with E-state index >= 15 is 0 Å². The van der Waals surface area contributed by atoms with Crippen LogP contribution in [0.2, 0.25) is 0 Å². The summed E-state index contributed by atoms with van der Waals surface area (Å²) in [5.74, 6) is 5.50. The van der Waals surface area contributed by atoms with E-state index in [1.165, 1.54) is 0 Å². The molecule has 0 aromatic carbocycles. The number of allylic oxidation sites excluding steroid dienone is 2. The topological polar surface area (TPSA) is 0 Å². The average Bonchev–Trinajstić information content (AvgIpc) is 2.36. The number of hydrogen-bond acceptors (Lipinski definition) is 0. The summed E-state index contributed by atoms with van der Waals surface area (Å²) >= 11 is 24.4. The highest BCUT2D eigenvalue weighted by Gasteiger charge is 2.49. The summed E-state index contributed by atoms with van der Waals surface area (Å²) in [6, 6.07) is 0. The molecule has 3 aliphatic rings. The summed E-state index contributed by atoms with van der Waals surface area (Å²) in [5.41, 5.74) is 0. The molecule has 0 spiro atoms. The fourth-order valence-electron chi connectivity index (χ4n) is 3.47. The van der Waals surface area contributed by atoms with Gasteiger partial charge in [0.1, 0.15) is 0 Å². The van der Waals surface area contributed by atoms with Crippen molar-refractivity contribution >= 4 is 46.4 Å². The van der Waals surface area contributed by atoms with E-state index in [1.807, 2.05) is 0 Å². The first-order valence-electron chi connectivity index (χ1n) is 5.70. The summed E-state index contributed by atoms with van der Waals surface area (Å²) in [5, 5.41) is 0. The van der Waals surface area contributed by atoms with E-state index in [1.54, 1.807) is 0 Å². The Labute approximate surface area is 117 Å². The van der Waals surface area contributed by atoms with Crippen LogP contribution in [0.25, 0.3) is 0 Å². The van der Waals surface area contributed by atoms with Crippen LogP contribution in [0.3, 0.4) is 0 Å². The van der Waals surface area contributed by atoms with Gasteiger partial charge in [-0.3, -0.25) is 0 Å². The van der Waals surface area contributed by atoms with E-state index in [9.17, 15) is 0 Å². The third-order valence-electron chi connectivity index (χ3n) is 4.35. The van der Waals surface area contributed by atoms with Crippen LogP contribution in [0.15, 0.2) is 12.2 Å². The van der Waals surface area contributed by atoms with Crippen molar-refractivity contribution < 1.29 is 0 Å². The number of halogens is 4. The Morgan fingerprint density at radius 1 is 0.562 bits per heavy atom. The molecule has 0 amide bonds. The van der Waals surface area contributed by atoms with Crippen LogP contribution >= 0.6 is 46.4 Å². The first kappa shape index (κ1) is 13.3. The van der Waals surface area contributed by atoms with Gasteiger partial charge in [0.15, 0.2) is 0 Å². The largest absolute Gasteiger partial charge is 0.126 e. The maximum Gasteiger partial charge on any atom is 0.0260 e. The summed E-state index contributed by atoms with van der Waals surface area (Å²) < 4.78 is 0. The number of fused-ring (bicyclic) bond motifs is 2. The second-order valence-corrected chi connectivity index (χ2v) is 6.05. The highest BCUT2D eigenvalue weighted by molar-refractivity contribution is 6.20. The minimum Gasteiger partial charge on any atom is -0.126 e. The third-order valence-corrected chi connectivity index (χ3v) is 5.77. The molecule has 2 bridgehead atoms. The zero-order chi connectivity index (χ0) is 11.7. The fraction of sp³-hybridized carbons (Fsp3) is 0.833. The molecule has 0 aromatic rings. The molecule has 1 fully saturated rings. The molecule has 0 saturated heterocycles. The minimum atomic E-state index is 0.465. The van der Waals surface area contributed by atoms with Gasteiger partial charge in [0, 0.05) is 23.5 Å². The Kier molecular flexibility index (Phi) is 4.74. The van der Waals surface area contributed by atoms with Gasteiger partial charge in [-0.2, -0.15) is 0 Å². The molecule has 0 unspecified atom stereocenters. The van der Waals surface area contributed by atoms with E-state index in [0.29, 0.717) is 59.0 Å². The Balaban J connectivity index is 2.29. The standard InChI is InChI=1S/C12H16Cl4/c13-3-9-7-1-2-8(11(9)5-15)12(6-16)10(7)4-14/h1-2,7-12H,3-6H2/t7?,8?,9-,10-,11+,12+. The molecule has 0 heterocycles. The van der Waals surface area contributed by atoms with Crippen LogP contribution in [0.5, 0.6) is 0 Å². The normalized spacial score (nSPS) is 46.2. The lowest BCUT2D eigenvalue weighted by molar-refractivity contribution is 0.0502. The van der Waals surface area contributed by atoms with Crippen molar-refractivity contribution in [2.24, 2.45) is 35.5 Å². The van der Waals surface area contributed by atoms with Gasteiger partial charge in [-0.25, -0.2) is 0 Å². The highest BCUT2D eigenvalue weighted by Crippen LogP contribution is 2.52. The second kappa shape index (κ2) is 5.69. The van der Waals surface area contributed by atoms with E-state index in [4.69, 9.17) is 46.4 Å². The third kappa shape index (κ3) is 2.00. The molecule has 0 aromatic heterocycles. The zero-order valence-corrected chi connectivity index (χ0v) is 12.0. The van der Waals surface area contributed by atoms with Crippen molar-refractivity contribution in [2.75, 3.05) is 23.5 Å². The van der Waals surface area contributed by atoms with Gasteiger partial charge in [-0.1, -0.05) is 12.2 Å². The molecular weight excluding hydrogens is 286 g/mol. The van der Waals surface area contributed by atoms with Gasteiger partial charge in [-0.15, -0.1) is 46.4 Å². The minimum absolute atomic E-state index is 0.465. The van der Waals surface area contributed by atoms with E-state index in [-0.39, 0.29) is 0 Å². The molecule has 16 heavy (non-hydrogen) atoms. The monoisotopic (exact) mass is 300 g/mol. The molecule has 0 N–H and O–H groups in total. The van der Waals surface area contributed by atoms with Crippen LogP contribution < -0.4 is 0 Å².